The van der Waals surface area contributed by atoms with E-state index in [-0.39, 0.29) is 11.6 Å². The SMILES string of the molecule is CCc1cc(CNC)cc(Oc2cccc(F)c2F)n1. The van der Waals surface area contributed by atoms with Crippen molar-refractivity contribution in [1.29, 1.82) is 0 Å². The molecule has 0 fully saturated rings. The molecule has 0 aliphatic rings. The third-order valence-electron chi connectivity index (χ3n) is 2.79. The standard InChI is InChI=1S/C15H16F2N2O/c1-3-11-7-10(9-18-2)8-14(19-11)20-13-6-4-5-12(16)15(13)17/h4-8,18H,3,9H2,1-2H3. The van der Waals surface area contributed by atoms with E-state index in [2.05, 4.69) is 10.3 Å². The van der Waals surface area contributed by atoms with Crippen molar-refractivity contribution in [3.05, 3.63) is 53.2 Å². The van der Waals surface area contributed by atoms with Crippen molar-refractivity contribution < 1.29 is 13.5 Å². The second-order valence-electron chi connectivity index (χ2n) is 4.34. The number of nitrogens with zero attached hydrogens (tertiary/aromatic N) is 1. The van der Waals surface area contributed by atoms with Gasteiger partial charge in [-0.1, -0.05) is 13.0 Å². The van der Waals surface area contributed by atoms with Crippen LogP contribution in [0, 0.1) is 11.6 Å². The summed E-state index contributed by atoms with van der Waals surface area (Å²) in [6.45, 7) is 2.62. The van der Waals surface area contributed by atoms with E-state index >= 15 is 0 Å². The molecule has 0 aliphatic carbocycles. The lowest BCUT2D eigenvalue weighted by atomic mass is 10.2. The Morgan fingerprint density at radius 3 is 2.75 bits per heavy atom. The summed E-state index contributed by atoms with van der Waals surface area (Å²) in [5.41, 5.74) is 1.82. The van der Waals surface area contributed by atoms with Crippen LogP contribution in [0.1, 0.15) is 18.2 Å². The fourth-order valence-corrected chi connectivity index (χ4v) is 1.84. The monoisotopic (exact) mass is 278 g/mol. The van der Waals surface area contributed by atoms with Gasteiger partial charge in [-0.2, -0.15) is 4.39 Å². The Bertz CT molecular complexity index is 602. The van der Waals surface area contributed by atoms with E-state index in [0.717, 1.165) is 23.7 Å². The van der Waals surface area contributed by atoms with Gasteiger partial charge in [0.25, 0.3) is 0 Å². The molecule has 1 N–H and O–H groups in total. The number of nitrogens with one attached hydrogen (secondary N) is 1. The highest BCUT2D eigenvalue weighted by Gasteiger charge is 2.11. The summed E-state index contributed by atoms with van der Waals surface area (Å²) in [6.07, 6.45) is 0.736. The third kappa shape index (κ3) is 3.30. The van der Waals surface area contributed by atoms with Gasteiger partial charge in [-0.3, -0.25) is 0 Å². The summed E-state index contributed by atoms with van der Waals surface area (Å²) in [5.74, 6) is -1.85. The number of rotatable bonds is 5. The van der Waals surface area contributed by atoms with Gasteiger partial charge in [-0.15, -0.1) is 0 Å². The van der Waals surface area contributed by atoms with Gasteiger partial charge in [0, 0.05) is 18.3 Å². The molecule has 2 rings (SSSR count). The van der Waals surface area contributed by atoms with Crippen molar-refractivity contribution in [3.63, 3.8) is 0 Å². The topological polar surface area (TPSA) is 34.1 Å². The van der Waals surface area contributed by atoms with Gasteiger partial charge in [0.1, 0.15) is 0 Å². The highest BCUT2D eigenvalue weighted by molar-refractivity contribution is 5.32. The Morgan fingerprint density at radius 2 is 2.05 bits per heavy atom. The summed E-state index contributed by atoms with van der Waals surface area (Å²) in [4.78, 5) is 4.26. The van der Waals surface area contributed by atoms with Crippen LogP contribution in [0.2, 0.25) is 0 Å². The van der Waals surface area contributed by atoms with Crippen LogP contribution in [0.4, 0.5) is 8.78 Å². The zero-order valence-corrected chi connectivity index (χ0v) is 11.4. The van der Waals surface area contributed by atoms with E-state index in [9.17, 15) is 8.78 Å². The van der Waals surface area contributed by atoms with Crippen molar-refractivity contribution in [2.75, 3.05) is 7.05 Å². The van der Waals surface area contributed by atoms with Crippen LogP contribution in [0.15, 0.2) is 30.3 Å². The van der Waals surface area contributed by atoms with E-state index in [1.54, 1.807) is 6.07 Å². The second kappa shape index (κ2) is 6.43. The molecule has 1 heterocycles. The van der Waals surface area contributed by atoms with Crippen molar-refractivity contribution >= 4 is 0 Å². The molecular formula is C15H16F2N2O. The molecule has 5 heteroatoms. The average molecular weight is 278 g/mol. The van der Waals surface area contributed by atoms with E-state index in [4.69, 9.17) is 4.74 Å². The van der Waals surface area contributed by atoms with Crippen LogP contribution >= 0.6 is 0 Å². The molecule has 0 saturated carbocycles. The van der Waals surface area contributed by atoms with Crippen molar-refractivity contribution in [3.8, 4) is 11.6 Å². The maximum absolute atomic E-state index is 13.6. The fourth-order valence-electron chi connectivity index (χ4n) is 1.84. The van der Waals surface area contributed by atoms with E-state index in [1.165, 1.54) is 12.1 Å². The molecule has 1 aromatic heterocycles. The molecule has 0 unspecified atom stereocenters. The number of aryl methyl sites for hydroxylation is 1. The summed E-state index contributed by atoms with van der Waals surface area (Å²) < 4.78 is 32.1. The number of pyridine rings is 1. The summed E-state index contributed by atoms with van der Waals surface area (Å²) >= 11 is 0. The molecule has 3 nitrogen and oxygen atoms in total. The van der Waals surface area contributed by atoms with E-state index in [0.29, 0.717) is 6.54 Å². The maximum atomic E-state index is 13.6. The molecular weight excluding hydrogens is 262 g/mol. The van der Waals surface area contributed by atoms with Gasteiger partial charge in [0.2, 0.25) is 11.7 Å². The Labute approximate surface area is 116 Å². The van der Waals surface area contributed by atoms with Gasteiger partial charge < -0.3 is 10.1 Å². The van der Waals surface area contributed by atoms with Crippen LogP contribution in [0.5, 0.6) is 11.6 Å². The number of benzene rings is 1. The minimum absolute atomic E-state index is 0.166. The van der Waals surface area contributed by atoms with E-state index in [1.807, 2.05) is 20.0 Å². The maximum Gasteiger partial charge on any atom is 0.219 e. The molecule has 0 saturated heterocycles. The number of hydrogen-bond acceptors (Lipinski definition) is 3. The van der Waals surface area contributed by atoms with Crippen molar-refractivity contribution in [2.24, 2.45) is 0 Å². The Balaban J connectivity index is 2.32. The Hall–Kier alpha value is -2.01. The first kappa shape index (κ1) is 14.4. The lowest BCUT2D eigenvalue weighted by Gasteiger charge is -2.10. The van der Waals surface area contributed by atoms with Gasteiger partial charge >= 0.3 is 0 Å². The van der Waals surface area contributed by atoms with Crippen LogP contribution in [-0.4, -0.2) is 12.0 Å². The zero-order valence-electron chi connectivity index (χ0n) is 11.4. The van der Waals surface area contributed by atoms with Crippen LogP contribution in [-0.2, 0) is 13.0 Å². The Morgan fingerprint density at radius 1 is 1.25 bits per heavy atom. The van der Waals surface area contributed by atoms with Crippen molar-refractivity contribution in [1.82, 2.24) is 10.3 Å². The number of ether oxygens (including phenoxy) is 1. The largest absolute Gasteiger partial charge is 0.436 e. The smallest absolute Gasteiger partial charge is 0.219 e. The lowest BCUT2D eigenvalue weighted by Crippen LogP contribution is -2.06. The highest BCUT2D eigenvalue weighted by atomic mass is 19.2. The first-order valence-corrected chi connectivity index (χ1v) is 6.40. The molecule has 0 spiro atoms. The first-order valence-electron chi connectivity index (χ1n) is 6.40. The molecule has 0 radical (unpaired) electrons. The summed E-state index contributed by atoms with van der Waals surface area (Å²) in [5, 5.41) is 3.03. The summed E-state index contributed by atoms with van der Waals surface area (Å²) in [6, 6.07) is 7.47. The third-order valence-corrected chi connectivity index (χ3v) is 2.79. The molecule has 2 aromatic rings. The number of aromatic nitrogens is 1. The van der Waals surface area contributed by atoms with Gasteiger partial charge in [-0.05, 0) is 37.2 Å². The van der Waals surface area contributed by atoms with Gasteiger partial charge in [0.05, 0.1) is 0 Å². The minimum Gasteiger partial charge on any atom is -0.436 e. The lowest BCUT2D eigenvalue weighted by molar-refractivity contribution is 0.404. The van der Waals surface area contributed by atoms with Gasteiger partial charge in [-0.25, -0.2) is 9.37 Å². The highest BCUT2D eigenvalue weighted by Crippen LogP contribution is 2.25. The number of hydrogen-bond donors (Lipinski definition) is 1. The number of halogens is 2. The van der Waals surface area contributed by atoms with Crippen LogP contribution in [0.25, 0.3) is 0 Å². The zero-order chi connectivity index (χ0) is 14.5. The van der Waals surface area contributed by atoms with Crippen LogP contribution < -0.4 is 10.1 Å². The average Bonchev–Trinajstić information content (AvgIpc) is 2.44. The molecule has 1 aromatic carbocycles. The first-order chi connectivity index (χ1) is 9.63. The quantitative estimate of drug-likeness (QED) is 0.909. The molecule has 0 amide bonds. The normalized spacial score (nSPS) is 10.6. The van der Waals surface area contributed by atoms with E-state index < -0.39 is 11.6 Å². The Kier molecular flexibility index (Phi) is 4.63. The molecule has 106 valence electrons. The fraction of sp³-hybridized carbons (Fsp3) is 0.267. The summed E-state index contributed by atoms with van der Waals surface area (Å²) in [7, 11) is 1.83. The molecule has 0 bridgehead atoms. The second-order valence-corrected chi connectivity index (χ2v) is 4.34. The molecule has 20 heavy (non-hydrogen) atoms. The van der Waals surface area contributed by atoms with Crippen LogP contribution in [0.3, 0.4) is 0 Å². The minimum atomic E-state index is -1.01. The van der Waals surface area contributed by atoms with Crippen molar-refractivity contribution in [2.45, 2.75) is 19.9 Å². The predicted molar refractivity (Wildman–Crippen MR) is 72.8 cm³/mol. The molecule has 0 atom stereocenters. The predicted octanol–water partition coefficient (Wildman–Crippen LogP) is 3.43. The van der Waals surface area contributed by atoms with Gasteiger partial charge in [0.15, 0.2) is 11.6 Å². The molecule has 0 aliphatic heterocycles.